The largest absolute Gasteiger partial charge is 0.325 e. The Morgan fingerprint density at radius 1 is 1.11 bits per heavy atom. The SMILES string of the molecule is CCN(CC)S(=O)(=O)N1CCN(C(C)C(=O)Nc2cc(Cl)cc(Cl)c2)CC1. The van der Waals surface area contributed by atoms with Gasteiger partial charge in [0, 0.05) is 55.0 Å². The summed E-state index contributed by atoms with van der Waals surface area (Å²) in [5.41, 5.74) is 0.534. The minimum absolute atomic E-state index is 0.187. The Morgan fingerprint density at radius 3 is 2.11 bits per heavy atom. The smallest absolute Gasteiger partial charge is 0.282 e. The van der Waals surface area contributed by atoms with E-state index in [4.69, 9.17) is 23.2 Å². The number of rotatable bonds is 7. The predicted octanol–water partition coefficient (Wildman–Crippen LogP) is 2.52. The fourth-order valence-corrected chi connectivity index (χ4v) is 5.20. The van der Waals surface area contributed by atoms with E-state index in [-0.39, 0.29) is 5.91 Å². The Balaban J connectivity index is 1.96. The Morgan fingerprint density at radius 2 is 1.63 bits per heavy atom. The van der Waals surface area contributed by atoms with Gasteiger partial charge in [0.25, 0.3) is 10.2 Å². The lowest BCUT2D eigenvalue weighted by Crippen LogP contribution is -2.56. The fourth-order valence-electron chi connectivity index (χ4n) is 3.07. The van der Waals surface area contributed by atoms with Gasteiger partial charge < -0.3 is 5.32 Å². The quantitative estimate of drug-likeness (QED) is 0.712. The molecule has 0 spiro atoms. The monoisotopic (exact) mass is 436 g/mol. The van der Waals surface area contributed by atoms with Crippen LogP contribution in [0.4, 0.5) is 5.69 Å². The highest BCUT2D eigenvalue weighted by Gasteiger charge is 2.33. The summed E-state index contributed by atoms with van der Waals surface area (Å²) in [5.74, 6) is -0.187. The number of carbonyl (C=O) groups excluding carboxylic acids is 1. The lowest BCUT2D eigenvalue weighted by molar-refractivity contribution is -0.121. The molecular formula is C17H26Cl2N4O3S. The van der Waals surface area contributed by atoms with Crippen LogP contribution < -0.4 is 5.32 Å². The average Bonchev–Trinajstić information content (AvgIpc) is 2.61. The van der Waals surface area contributed by atoms with Crippen molar-refractivity contribution in [2.24, 2.45) is 0 Å². The highest BCUT2D eigenvalue weighted by atomic mass is 35.5. The molecule has 1 aromatic carbocycles. The molecule has 1 saturated heterocycles. The van der Waals surface area contributed by atoms with Crippen LogP contribution in [0.2, 0.25) is 10.0 Å². The molecule has 1 aliphatic rings. The molecule has 0 bridgehead atoms. The van der Waals surface area contributed by atoms with Crippen LogP contribution in [0.15, 0.2) is 18.2 Å². The summed E-state index contributed by atoms with van der Waals surface area (Å²) in [5, 5.41) is 3.70. The molecule has 1 fully saturated rings. The molecule has 10 heteroatoms. The third-order valence-corrected chi connectivity index (χ3v) is 7.31. The Labute approximate surface area is 171 Å². The summed E-state index contributed by atoms with van der Waals surface area (Å²) in [6.07, 6.45) is 0. The second kappa shape index (κ2) is 9.54. The van der Waals surface area contributed by atoms with Gasteiger partial charge in [-0.25, -0.2) is 0 Å². The maximum absolute atomic E-state index is 12.6. The van der Waals surface area contributed by atoms with Crippen molar-refractivity contribution >= 4 is 45.0 Å². The van der Waals surface area contributed by atoms with Crippen molar-refractivity contribution in [2.75, 3.05) is 44.6 Å². The van der Waals surface area contributed by atoms with Crippen LogP contribution in [0, 0.1) is 0 Å². The number of piperazine rings is 1. The van der Waals surface area contributed by atoms with Gasteiger partial charge in [0.05, 0.1) is 6.04 Å². The van der Waals surface area contributed by atoms with Crippen molar-refractivity contribution in [1.29, 1.82) is 0 Å². The molecule has 0 saturated carbocycles. The molecule has 1 N–H and O–H groups in total. The number of benzene rings is 1. The molecule has 0 radical (unpaired) electrons. The Hall–Kier alpha value is -0.900. The van der Waals surface area contributed by atoms with E-state index in [0.29, 0.717) is 55.0 Å². The van der Waals surface area contributed by atoms with E-state index in [9.17, 15) is 13.2 Å². The maximum Gasteiger partial charge on any atom is 0.282 e. The van der Waals surface area contributed by atoms with Gasteiger partial charge in [-0.3, -0.25) is 9.69 Å². The maximum atomic E-state index is 12.6. The van der Waals surface area contributed by atoms with Crippen molar-refractivity contribution < 1.29 is 13.2 Å². The van der Waals surface area contributed by atoms with E-state index in [1.54, 1.807) is 25.1 Å². The zero-order chi connectivity index (χ0) is 20.2. The van der Waals surface area contributed by atoms with Crippen molar-refractivity contribution in [3.05, 3.63) is 28.2 Å². The van der Waals surface area contributed by atoms with Gasteiger partial charge in [0.1, 0.15) is 0 Å². The van der Waals surface area contributed by atoms with Gasteiger partial charge in [-0.15, -0.1) is 0 Å². The molecule has 0 aliphatic carbocycles. The number of halogens is 2. The van der Waals surface area contributed by atoms with Crippen LogP contribution in [0.25, 0.3) is 0 Å². The van der Waals surface area contributed by atoms with Crippen LogP contribution >= 0.6 is 23.2 Å². The summed E-state index contributed by atoms with van der Waals surface area (Å²) in [6, 6.07) is 4.46. The molecule has 152 valence electrons. The van der Waals surface area contributed by atoms with Crippen molar-refractivity contribution in [3.63, 3.8) is 0 Å². The standard InChI is InChI=1S/C17H26Cl2N4O3S/c1-4-22(5-2)27(25,26)23-8-6-21(7-9-23)13(3)17(24)20-16-11-14(18)10-15(19)12-16/h10-13H,4-9H2,1-3H3,(H,20,24). The van der Waals surface area contributed by atoms with Crippen LogP contribution in [0.1, 0.15) is 20.8 Å². The first kappa shape index (κ1) is 22.4. The molecule has 27 heavy (non-hydrogen) atoms. The molecule has 2 rings (SSSR count). The van der Waals surface area contributed by atoms with Crippen molar-refractivity contribution in [2.45, 2.75) is 26.8 Å². The summed E-state index contributed by atoms with van der Waals surface area (Å²) >= 11 is 11.9. The van der Waals surface area contributed by atoms with Gasteiger partial charge in [0.15, 0.2) is 0 Å². The Kier molecular flexibility index (Phi) is 7.91. The van der Waals surface area contributed by atoms with E-state index in [1.807, 2.05) is 18.7 Å². The number of hydrogen-bond donors (Lipinski definition) is 1. The van der Waals surface area contributed by atoms with Crippen LogP contribution in [-0.4, -0.2) is 73.1 Å². The average molecular weight is 437 g/mol. The van der Waals surface area contributed by atoms with Gasteiger partial charge in [-0.1, -0.05) is 37.0 Å². The lowest BCUT2D eigenvalue weighted by Gasteiger charge is -2.38. The zero-order valence-electron chi connectivity index (χ0n) is 15.8. The van der Waals surface area contributed by atoms with Gasteiger partial charge in [-0.2, -0.15) is 17.0 Å². The van der Waals surface area contributed by atoms with E-state index < -0.39 is 16.3 Å². The number of hydrogen-bond acceptors (Lipinski definition) is 4. The topological polar surface area (TPSA) is 73.0 Å². The summed E-state index contributed by atoms with van der Waals surface area (Å²) in [6.45, 7) is 8.05. The van der Waals surface area contributed by atoms with Gasteiger partial charge >= 0.3 is 0 Å². The molecular weight excluding hydrogens is 411 g/mol. The van der Waals surface area contributed by atoms with Crippen molar-refractivity contribution in [1.82, 2.24) is 13.5 Å². The minimum atomic E-state index is -3.44. The highest BCUT2D eigenvalue weighted by Crippen LogP contribution is 2.23. The molecule has 1 heterocycles. The molecule has 7 nitrogen and oxygen atoms in total. The number of amides is 1. The lowest BCUT2D eigenvalue weighted by atomic mass is 10.2. The highest BCUT2D eigenvalue weighted by molar-refractivity contribution is 7.86. The van der Waals surface area contributed by atoms with Gasteiger partial charge in [0.2, 0.25) is 5.91 Å². The molecule has 0 aromatic heterocycles. The van der Waals surface area contributed by atoms with Crippen LogP contribution in [-0.2, 0) is 15.0 Å². The normalized spacial score (nSPS) is 17.9. The van der Waals surface area contributed by atoms with Crippen LogP contribution in [0.3, 0.4) is 0 Å². The summed E-state index contributed by atoms with van der Waals surface area (Å²) < 4.78 is 28.1. The first-order chi connectivity index (χ1) is 12.7. The minimum Gasteiger partial charge on any atom is -0.325 e. The second-order valence-electron chi connectivity index (χ2n) is 6.35. The Bertz CT molecular complexity index is 743. The molecule has 1 unspecified atom stereocenters. The van der Waals surface area contributed by atoms with Crippen LogP contribution in [0.5, 0.6) is 0 Å². The van der Waals surface area contributed by atoms with E-state index in [1.165, 1.54) is 8.61 Å². The third-order valence-electron chi connectivity index (χ3n) is 4.69. The fraction of sp³-hybridized carbons (Fsp3) is 0.588. The number of nitrogens with one attached hydrogen (secondary N) is 1. The number of carbonyl (C=O) groups is 1. The summed E-state index contributed by atoms with van der Waals surface area (Å²) in [7, 11) is -3.44. The van der Waals surface area contributed by atoms with E-state index >= 15 is 0 Å². The second-order valence-corrected chi connectivity index (χ2v) is 9.15. The van der Waals surface area contributed by atoms with E-state index in [0.717, 1.165) is 0 Å². The molecule has 1 amide bonds. The van der Waals surface area contributed by atoms with E-state index in [2.05, 4.69) is 5.32 Å². The molecule has 1 atom stereocenters. The number of nitrogens with zero attached hydrogens (tertiary/aromatic N) is 3. The first-order valence-electron chi connectivity index (χ1n) is 8.95. The zero-order valence-corrected chi connectivity index (χ0v) is 18.1. The molecule has 1 aromatic rings. The third kappa shape index (κ3) is 5.56. The molecule has 1 aliphatic heterocycles. The van der Waals surface area contributed by atoms with Crippen molar-refractivity contribution in [3.8, 4) is 0 Å². The first-order valence-corrected chi connectivity index (χ1v) is 11.1. The van der Waals surface area contributed by atoms with Gasteiger partial charge in [-0.05, 0) is 25.1 Å². The number of anilines is 1. The summed E-state index contributed by atoms with van der Waals surface area (Å²) in [4.78, 5) is 14.5. The predicted molar refractivity (Wildman–Crippen MR) is 110 cm³/mol.